The molecular weight excluding hydrogens is 284 g/mol. The van der Waals surface area contributed by atoms with Gasteiger partial charge in [0.15, 0.2) is 0 Å². The number of hydrogen-bond acceptors (Lipinski definition) is 4. The second-order valence-corrected chi connectivity index (χ2v) is 6.13. The number of urea groups is 1. The van der Waals surface area contributed by atoms with Crippen molar-refractivity contribution < 1.29 is 13.9 Å². The number of aryl methyl sites for hydroxylation is 1. The number of ether oxygens (including phenoxy) is 1. The van der Waals surface area contributed by atoms with Gasteiger partial charge in [0.2, 0.25) is 0 Å². The van der Waals surface area contributed by atoms with E-state index in [0.717, 1.165) is 19.3 Å². The maximum atomic E-state index is 12.2. The molecule has 1 saturated carbocycles. The Morgan fingerprint density at radius 2 is 2.09 bits per heavy atom. The van der Waals surface area contributed by atoms with Gasteiger partial charge in [-0.25, -0.2) is 9.59 Å². The van der Waals surface area contributed by atoms with Gasteiger partial charge in [0.25, 0.3) is 0 Å². The largest absolute Gasteiger partial charge is 0.488 e. The van der Waals surface area contributed by atoms with Crippen LogP contribution in [0, 0.1) is 6.92 Å². The molecule has 22 heavy (non-hydrogen) atoms. The zero-order valence-electron chi connectivity index (χ0n) is 12.8. The van der Waals surface area contributed by atoms with E-state index in [1.165, 1.54) is 18.9 Å². The molecule has 2 amide bonds. The molecule has 1 N–H and O–H groups in total. The van der Waals surface area contributed by atoms with Gasteiger partial charge in [0, 0.05) is 25.1 Å². The quantitative estimate of drug-likeness (QED) is 0.927. The Hall–Kier alpha value is -1.98. The first-order valence-corrected chi connectivity index (χ1v) is 7.94. The van der Waals surface area contributed by atoms with Crippen molar-refractivity contribution in [1.29, 1.82) is 0 Å². The van der Waals surface area contributed by atoms with Gasteiger partial charge in [-0.2, -0.15) is 0 Å². The second kappa shape index (κ2) is 6.42. The predicted octanol–water partition coefficient (Wildman–Crippen LogP) is 2.05. The first-order chi connectivity index (χ1) is 10.6. The minimum atomic E-state index is -0.413. The van der Waals surface area contributed by atoms with E-state index in [2.05, 4.69) is 5.32 Å². The van der Waals surface area contributed by atoms with E-state index in [1.807, 2.05) is 0 Å². The summed E-state index contributed by atoms with van der Waals surface area (Å²) in [7, 11) is 0. The van der Waals surface area contributed by atoms with E-state index in [9.17, 15) is 9.59 Å². The lowest BCUT2D eigenvalue weighted by atomic mass is 10.2. The van der Waals surface area contributed by atoms with Crippen LogP contribution in [0.15, 0.2) is 21.3 Å². The summed E-state index contributed by atoms with van der Waals surface area (Å²) in [5.74, 6) is 1.04. The summed E-state index contributed by atoms with van der Waals surface area (Å²) in [4.78, 5) is 25.3. The fourth-order valence-electron chi connectivity index (χ4n) is 3.18. The third-order valence-corrected chi connectivity index (χ3v) is 4.28. The Morgan fingerprint density at radius 1 is 1.32 bits per heavy atom. The van der Waals surface area contributed by atoms with Crippen LogP contribution in [0.5, 0.6) is 5.75 Å². The fraction of sp³-hybridized carbons (Fsp3) is 0.625. The molecule has 1 saturated heterocycles. The Balaban J connectivity index is 1.53. The topological polar surface area (TPSA) is 71.8 Å². The molecule has 120 valence electrons. The molecule has 1 aromatic rings. The summed E-state index contributed by atoms with van der Waals surface area (Å²) < 4.78 is 10.7. The van der Waals surface area contributed by atoms with E-state index in [0.29, 0.717) is 30.6 Å². The lowest BCUT2D eigenvalue weighted by Crippen LogP contribution is -2.43. The Kier molecular flexibility index (Phi) is 4.36. The number of likely N-dealkylation sites (tertiary alicyclic amines) is 1. The Bertz CT molecular complexity index is 592. The standard InChI is InChI=1S/C16H22N2O4/c1-11-8-14(9-15(19)21-11)22-13-6-7-18(10-13)16(20)17-12-4-2-3-5-12/h8-9,12-13H,2-7,10H2,1H3,(H,17,20). The first-order valence-electron chi connectivity index (χ1n) is 7.94. The average molecular weight is 306 g/mol. The SMILES string of the molecule is Cc1cc(OC2CCN(C(=O)NC3CCCC3)C2)cc(=O)o1. The van der Waals surface area contributed by atoms with Crippen LogP contribution in [0.25, 0.3) is 0 Å². The van der Waals surface area contributed by atoms with Gasteiger partial charge in [-0.15, -0.1) is 0 Å². The normalized spacial score (nSPS) is 22.0. The molecule has 2 heterocycles. The van der Waals surface area contributed by atoms with E-state index >= 15 is 0 Å². The third-order valence-electron chi connectivity index (χ3n) is 4.28. The molecule has 1 unspecified atom stereocenters. The number of amides is 2. The highest BCUT2D eigenvalue weighted by molar-refractivity contribution is 5.74. The summed E-state index contributed by atoms with van der Waals surface area (Å²) in [6.07, 6.45) is 5.27. The maximum absolute atomic E-state index is 12.2. The van der Waals surface area contributed by atoms with Crippen molar-refractivity contribution in [2.24, 2.45) is 0 Å². The van der Waals surface area contributed by atoms with Crippen LogP contribution in [0.1, 0.15) is 37.9 Å². The molecule has 0 bridgehead atoms. The van der Waals surface area contributed by atoms with Gasteiger partial charge >= 0.3 is 11.7 Å². The lowest BCUT2D eigenvalue weighted by molar-refractivity contribution is 0.183. The number of carbonyl (C=O) groups is 1. The van der Waals surface area contributed by atoms with Gasteiger partial charge in [-0.3, -0.25) is 0 Å². The van der Waals surface area contributed by atoms with Crippen molar-refractivity contribution in [3.8, 4) is 5.75 Å². The van der Waals surface area contributed by atoms with Gasteiger partial charge in [-0.1, -0.05) is 12.8 Å². The minimum Gasteiger partial charge on any atom is -0.488 e. The van der Waals surface area contributed by atoms with Crippen molar-refractivity contribution in [1.82, 2.24) is 10.2 Å². The molecule has 0 spiro atoms. The fourth-order valence-corrected chi connectivity index (χ4v) is 3.18. The molecule has 1 aromatic heterocycles. The second-order valence-electron chi connectivity index (χ2n) is 6.13. The van der Waals surface area contributed by atoms with Crippen LogP contribution in [0.3, 0.4) is 0 Å². The summed E-state index contributed by atoms with van der Waals surface area (Å²) in [5.41, 5.74) is -0.413. The van der Waals surface area contributed by atoms with Crippen molar-refractivity contribution >= 4 is 6.03 Å². The van der Waals surface area contributed by atoms with Gasteiger partial charge in [-0.05, 0) is 19.8 Å². The van der Waals surface area contributed by atoms with E-state index in [1.54, 1.807) is 17.9 Å². The van der Waals surface area contributed by atoms with E-state index in [4.69, 9.17) is 9.15 Å². The smallest absolute Gasteiger partial charge is 0.339 e. The molecule has 6 nitrogen and oxygen atoms in total. The monoisotopic (exact) mass is 306 g/mol. The molecule has 3 rings (SSSR count). The summed E-state index contributed by atoms with van der Waals surface area (Å²) >= 11 is 0. The molecular formula is C16H22N2O4. The zero-order chi connectivity index (χ0) is 15.5. The number of carbonyl (C=O) groups excluding carboxylic acids is 1. The lowest BCUT2D eigenvalue weighted by Gasteiger charge is -2.20. The van der Waals surface area contributed by atoms with Crippen LogP contribution < -0.4 is 15.7 Å². The van der Waals surface area contributed by atoms with E-state index in [-0.39, 0.29) is 12.1 Å². The molecule has 1 aliphatic carbocycles. The van der Waals surface area contributed by atoms with Gasteiger partial charge in [0.1, 0.15) is 17.6 Å². The molecule has 0 radical (unpaired) electrons. The Morgan fingerprint density at radius 3 is 2.82 bits per heavy atom. The van der Waals surface area contributed by atoms with Crippen LogP contribution >= 0.6 is 0 Å². The summed E-state index contributed by atoms with van der Waals surface area (Å²) in [6.45, 7) is 2.95. The maximum Gasteiger partial charge on any atom is 0.339 e. The molecule has 0 aromatic carbocycles. The number of hydrogen-bond donors (Lipinski definition) is 1. The first kappa shape index (κ1) is 14.9. The molecule has 6 heteroatoms. The highest BCUT2D eigenvalue weighted by Gasteiger charge is 2.29. The van der Waals surface area contributed by atoms with Gasteiger partial charge < -0.3 is 19.4 Å². The van der Waals surface area contributed by atoms with Crippen LogP contribution in [-0.4, -0.2) is 36.2 Å². The minimum absolute atomic E-state index is 0.00163. The van der Waals surface area contributed by atoms with Crippen molar-refractivity contribution in [2.75, 3.05) is 13.1 Å². The van der Waals surface area contributed by atoms with Crippen LogP contribution in [0.4, 0.5) is 4.79 Å². The van der Waals surface area contributed by atoms with Crippen molar-refractivity contribution in [2.45, 2.75) is 51.2 Å². The zero-order valence-corrected chi connectivity index (χ0v) is 12.8. The van der Waals surface area contributed by atoms with Crippen molar-refractivity contribution in [3.05, 3.63) is 28.3 Å². The predicted molar refractivity (Wildman–Crippen MR) is 81.1 cm³/mol. The molecule has 1 aliphatic heterocycles. The number of nitrogens with one attached hydrogen (secondary N) is 1. The highest BCUT2D eigenvalue weighted by Crippen LogP contribution is 2.20. The average Bonchev–Trinajstić information content (AvgIpc) is 3.09. The molecule has 1 atom stereocenters. The molecule has 2 fully saturated rings. The molecule has 2 aliphatic rings. The third kappa shape index (κ3) is 3.61. The number of rotatable bonds is 3. The van der Waals surface area contributed by atoms with Crippen LogP contribution in [-0.2, 0) is 0 Å². The summed E-state index contributed by atoms with van der Waals surface area (Å²) in [6, 6.07) is 3.37. The summed E-state index contributed by atoms with van der Waals surface area (Å²) in [5, 5.41) is 3.09. The highest BCUT2D eigenvalue weighted by atomic mass is 16.5. The van der Waals surface area contributed by atoms with Crippen LogP contribution in [0.2, 0.25) is 0 Å². The number of nitrogens with zero attached hydrogens (tertiary/aromatic N) is 1. The Labute approximate surface area is 129 Å². The van der Waals surface area contributed by atoms with Gasteiger partial charge in [0.05, 0.1) is 12.6 Å². The van der Waals surface area contributed by atoms with E-state index < -0.39 is 5.63 Å². The van der Waals surface area contributed by atoms with Crippen molar-refractivity contribution in [3.63, 3.8) is 0 Å².